The van der Waals surface area contributed by atoms with Crippen molar-refractivity contribution in [2.75, 3.05) is 19.7 Å². The van der Waals surface area contributed by atoms with Crippen molar-refractivity contribution >= 4 is 23.7 Å². The van der Waals surface area contributed by atoms with Crippen LogP contribution in [0.5, 0.6) is 0 Å². The van der Waals surface area contributed by atoms with Crippen LogP contribution in [-0.4, -0.2) is 48.3 Å². The Morgan fingerprint density at radius 1 is 1.33 bits per heavy atom. The van der Waals surface area contributed by atoms with E-state index in [1.807, 2.05) is 5.32 Å². The van der Waals surface area contributed by atoms with Crippen LogP contribution in [0, 0.1) is 0 Å². The number of esters is 1. The Kier molecular flexibility index (Phi) is 3.37. The summed E-state index contributed by atoms with van der Waals surface area (Å²) in [5.41, 5.74) is 0. The number of rotatable bonds is 1. The molecule has 0 aliphatic carbocycles. The highest BCUT2D eigenvalue weighted by Crippen LogP contribution is 1.97. The van der Waals surface area contributed by atoms with Crippen LogP contribution in [0.25, 0.3) is 0 Å². The van der Waals surface area contributed by atoms with Gasteiger partial charge in [-0.05, 0) is 6.92 Å². The molecule has 0 radical (unpaired) electrons. The van der Waals surface area contributed by atoms with Gasteiger partial charge in [-0.1, -0.05) is 0 Å². The molecule has 1 heterocycles. The summed E-state index contributed by atoms with van der Waals surface area (Å²) in [6.07, 6.45) is 0. The van der Waals surface area contributed by atoms with E-state index in [0.29, 0.717) is 0 Å². The number of piperazine rings is 1. The fraction of sp³-hybridized carbons (Fsp3) is 0.500. The highest BCUT2D eigenvalue weighted by atomic mass is 16.5. The third kappa shape index (κ3) is 2.76. The van der Waals surface area contributed by atoms with Crippen molar-refractivity contribution in [1.82, 2.24) is 10.2 Å². The van der Waals surface area contributed by atoms with Gasteiger partial charge < -0.3 is 9.64 Å². The van der Waals surface area contributed by atoms with E-state index in [1.165, 1.54) is 0 Å². The minimum atomic E-state index is -1.06. The maximum absolute atomic E-state index is 11.3. The SMILES string of the molecule is CCOC(=O)C(=O)N1CC(=O)NC(=O)C1. The molecule has 7 heteroatoms. The zero-order chi connectivity index (χ0) is 11.4. The first kappa shape index (κ1) is 11.2. The Hall–Kier alpha value is -1.92. The van der Waals surface area contributed by atoms with E-state index in [4.69, 9.17) is 0 Å². The summed E-state index contributed by atoms with van der Waals surface area (Å²) in [5.74, 6) is -3.24. The fourth-order valence-electron chi connectivity index (χ4n) is 1.10. The molecule has 1 aliphatic rings. The van der Waals surface area contributed by atoms with Crippen molar-refractivity contribution in [2.45, 2.75) is 6.92 Å². The third-order valence-corrected chi connectivity index (χ3v) is 1.69. The summed E-state index contributed by atoms with van der Waals surface area (Å²) in [4.78, 5) is 44.9. The Balaban J connectivity index is 2.63. The molecular formula is C8H10N2O5. The van der Waals surface area contributed by atoms with E-state index in [-0.39, 0.29) is 19.7 Å². The van der Waals surface area contributed by atoms with Gasteiger partial charge in [-0.15, -0.1) is 0 Å². The number of carbonyl (C=O) groups is 4. The average Bonchev–Trinajstić information content (AvgIpc) is 2.15. The van der Waals surface area contributed by atoms with E-state index in [2.05, 4.69) is 4.74 Å². The predicted octanol–water partition coefficient (Wildman–Crippen LogP) is -1.97. The number of nitrogens with one attached hydrogen (secondary N) is 1. The molecule has 7 nitrogen and oxygen atoms in total. The molecule has 0 spiro atoms. The average molecular weight is 214 g/mol. The highest BCUT2D eigenvalue weighted by Gasteiger charge is 2.30. The van der Waals surface area contributed by atoms with E-state index in [9.17, 15) is 19.2 Å². The molecular weight excluding hydrogens is 204 g/mol. The van der Waals surface area contributed by atoms with Crippen LogP contribution in [0.1, 0.15) is 6.92 Å². The summed E-state index contributed by atoms with van der Waals surface area (Å²) in [6, 6.07) is 0. The van der Waals surface area contributed by atoms with Gasteiger partial charge in [0.1, 0.15) is 13.1 Å². The molecule has 0 aromatic carbocycles. The van der Waals surface area contributed by atoms with Gasteiger partial charge in [0, 0.05) is 0 Å². The second kappa shape index (κ2) is 4.54. The van der Waals surface area contributed by atoms with Crippen LogP contribution < -0.4 is 5.32 Å². The number of imide groups is 1. The summed E-state index contributed by atoms with van der Waals surface area (Å²) < 4.78 is 4.45. The molecule has 1 fully saturated rings. The second-order valence-corrected chi connectivity index (χ2v) is 2.85. The molecule has 0 saturated carbocycles. The fourth-order valence-corrected chi connectivity index (χ4v) is 1.10. The van der Waals surface area contributed by atoms with Crippen molar-refractivity contribution in [3.63, 3.8) is 0 Å². The molecule has 0 aromatic rings. The van der Waals surface area contributed by atoms with Gasteiger partial charge in [-0.25, -0.2) is 4.79 Å². The lowest BCUT2D eigenvalue weighted by atomic mass is 10.3. The number of ether oxygens (including phenoxy) is 1. The van der Waals surface area contributed by atoms with Crippen LogP contribution in [0.2, 0.25) is 0 Å². The zero-order valence-corrected chi connectivity index (χ0v) is 8.11. The molecule has 1 aliphatic heterocycles. The van der Waals surface area contributed by atoms with Gasteiger partial charge >= 0.3 is 11.9 Å². The van der Waals surface area contributed by atoms with Crippen molar-refractivity contribution in [1.29, 1.82) is 0 Å². The van der Waals surface area contributed by atoms with Crippen LogP contribution in [0.15, 0.2) is 0 Å². The van der Waals surface area contributed by atoms with Crippen molar-refractivity contribution in [3.8, 4) is 0 Å². The smallest absolute Gasteiger partial charge is 0.397 e. The molecule has 0 unspecified atom stereocenters. The molecule has 1 N–H and O–H groups in total. The van der Waals surface area contributed by atoms with Gasteiger partial charge in [-0.3, -0.25) is 19.7 Å². The van der Waals surface area contributed by atoms with Crippen molar-refractivity contribution in [3.05, 3.63) is 0 Å². The molecule has 15 heavy (non-hydrogen) atoms. The van der Waals surface area contributed by atoms with E-state index in [0.717, 1.165) is 4.90 Å². The topological polar surface area (TPSA) is 92.8 Å². The molecule has 1 saturated heterocycles. The minimum absolute atomic E-state index is 0.0680. The molecule has 3 amide bonds. The van der Waals surface area contributed by atoms with E-state index < -0.39 is 23.7 Å². The lowest BCUT2D eigenvalue weighted by Gasteiger charge is -2.24. The Bertz CT molecular complexity index is 309. The Morgan fingerprint density at radius 3 is 2.33 bits per heavy atom. The first-order valence-corrected chi connectivity index (χ1v) is 4.33. The first-order chi connectivity index (χ1) is 7.04. The van der Waals surface area contributed by atoms with Gasteiger partial charge in [0.2, 0.25) is 11.8 Å². The summed E-state index contributed by atoms with van der Waals surface area (Å²) in [6.45, 7) is 1.02. The molecule has 82 valence electrons. The number of nitrogens with zero attached hydrogens (tertiary/aromatic N) is 1. The van der Waals surface area contributed by atoms with E-state index >= 15 is 0 Å². The van der Waals surface area contributed by atoms with Crippen LogP contribution in [0.4, 0.5) is 0 Å². The third-order valence-electron chi connectivity index (χ3n) is 1.69. The normalized spacial score (nSPS) is 15.9. The largest absolute Gasteiger partial charge is 0.459 e. The van der Waals surface area contributed by atoms with Crippen molar-refractivity contribution < 1.29 is 23.9 Å². The second-order valence-electron chi connectivity index (χ2n) is 2.85. The standard InChI is InChI=1S/C8H10N2O5/c1-2-15-8(14)7(13)10-3-5(11)9-6(12)4-10/h2-4H2,1H3,(H,9,11,12). The van der Waals surface area contributed by atoms with Gasteiger partial charge in [-0.2, -0.15) is 0 Å². The van der Waals surface area contributed by atoms with Crippen molar-refractivity contribution in [2.24, 2.45) is 0 Å². The van der Waals surface area contributed by atoms with Gasteiger partial charge in [0.25, 0.3) is 0 Å². The highest BCUT2D eigenvalue weighted by molar-refractivity contribution is 6.33. The zero-order valence-electron chi connectivity index (χ0n) is 8.11. The number of hydrogen-bond donors (Lipinski definition) is 1. The molecule has 0 aromatic heterocycles. The Morgan fingerprint density at radius 2 is 1.87 bits per heavy atom. The lowest BCUT2D eigenvalue weighted by Crippen LogP contribution is -2.55. The maximum atomic E-state index is 11.3. The summed E-state index contributed by atoms with van der Waals surface area (Å²) in [7, 11) is 0. The number of carbonyl (C=O) groups excluding carboxylic acids is 4. The van der Waals surface area contributed by atoms with Crippen LogP contribution in [-0.2, 0) is 23.9 Å². The maximum Gasteiger partial charge on any atom is 0.397 e. The monoisotopic (exact) mass is 214 g/mol. The number of hydrogen-bond acceptors (Lipinski definition) is 5. The Labute approximate surface area is 85.4 Å². The minimum Gasteiger partial charge on any atom is -0.459 e. The number of amides is 3. The first-order valence-electron chi connectivity index (χ1n) is 4.33. The quantitative estimate of drug-likeness (QED) is 0.310. The molecule has 0 bridgehead atoms. The lowest BCUT2D eigenvalue weighted by molar-refractivity contribution is -0.162. The molecule has 0 atom stereocenters. The van der Waals surface area contributed by atoms with Gasteiger partial charge in [0.05, 0.1) is 6.61 Å². The summed E-state index contributed by atoms with van der Waals surface area (Å²) >= 11 is 0. The summed E-state index contributed by atoms with van der Waals surface area (Å²) in [5, 5.41) is 2.01. The molecule has 1 rings (SSSR count). The van der Waals surface area contributed by atoms with Crippen LogP contribution in [0.3, 0.4) is 0 Å². The van der Waals surface area contributed by atoms with Gasteiger partial charge in [0.15, 0.2) is 0 Å². The van der Waals surface area contributed by atoms with E-state index in [1.54, 1.807) is 6.92 Å². The van der Waals surface area contributed by atoms with Crippen LogP contribution >= 0.6 is 0 Å². The predicted molar refractivity (Wildman–Crippen MR) is 46.4 cm³/mol.